The van der Waals surface area contributed by atoms with E-state index in [4.69, 9.17) is 15.2 Å². The number of nitrogens with two attached hydrogens (primary N) is 1. The van der Waals surface area contributed by atoms with E-state index in [9.17, 15) is 40.9 Å². The summed E-state index contributed by atoms with van der Waals surface area (Å²) in [7, 11) is 0. The Hall–Kier alpha value is -0.480. The summed E-state index contributed by atoms with van der Waals surface area (Å²) < 4.78 is 11.2. The average Bonchev–Trinajstić information content (AvgIpc) is 2.86. The van der Waals surface area contributed by atoms with Crippen LogP contribution >= 0.6 is 0 Å². The lowest BCUT2D eigenvalue weighted by atomic mass is 9.92. The molecule has 12 nitrogen and oxygen atoms in total. The molecule has 10 atom stereocenters. The van der Waals surface area contributed by atoms with Crippen LogP contribution < -0.4 is 5.73 Å². The van der Waals surface area contributed by atoms with Crippen LogP contribution in [-0.4, -0.2) is 146 Å². The predicted octanol–water partition coefficient (Wildman–Crippen LogP) is -3.34. The minimum absolute atomic E-state index is 0.438. The smallest absolute Gasteiger partial charge is 0.111 e. The molecule has 0 unspecified atom stereocenters. The second kappa shape index (κ2) is 15.7. The number of hydrogen-bond acceptors (Lipinski definition) is 12. The van der Waals surface area contributed by atoms with Crippen LogP contribution in [0.1, 0.15) is 44.9 Å². The zero-order chi connectivity index (χ0) is 26.0. The summed E-state index contributed by atoms with van der Waals surface area (Å²) in [5.41, 5.74) is 5.58. The second-order valence-corrected chi connectivity index (χ2v) is 9.71. The van der Waals surface area contributed by atoms with E-state index in [0.29, 0.717) is 45.3 Å². The maximum atomic E-state index is 10.2. The highest BCUT2D eigenvalue weighted by Crippen LogP contribution is 2.25. The van der Waals surface area contributed by atoms with E-state index in [1.807, 2.05) is 0 Å². The lowest BCUT2D eigenvalue weighted by Crippen LogP contribution is -2.58. The molecule has 2 aliphatic rings. The largest absolute Gasteiger partial charge is 0.394 e. The highest BCUT2D eigenvalue weighted by Gasteiger charge is 2.44. The van der Waals surface area contributed by atoms with Gasteiger partial charge in [-0.3, -0.25) is 0 Å². The first kappa shape index (κ1) is 30.7. The molecule has 2 heterocycles. The molecule has 208 valence electrons. The van der Waals surface area contributed by atoms with E-state index >= 15 is 0 Å². The molecule has 0 spiro atoms. The van der Waals surface area contributed by atoms with Crippen LogP contribution in [-0.2, 0) is 9.47 Å². The zero-order valence-electron chi connectivity index (χ0n) is 20.4. The van der Waals surface area contributed by atoms with Crippen molar-refractivity contribution in [3.05, 3.63) is 0 Å². The molecule has 0 saturated carbocycles. The number of nitrogens with zero attached hydrogens (tertiary/aromatic N) is 1. The van der Waals surface area contributed by atoms with Crippen molar-refractivity contribution in [3.8, 4) is 0 Å². The molecule has 0 aromatic carbocycles. The van der Waals surface area contributed by atoms with Gasteiger partial charge in [0.2, 0.25) is 0 Å². The first-order valence-corrected chi connectivity index (χ1v) is 12.8. The van der Waals surface area contributed by atoms with Crippen LogP contribution in [0.25, 0.3) is 0 Å². The van der Waals surface area contributed by atoms with Gasteiger partial charge in [-0.15, -0.1) is 0 Å². The highest BCUT2D eigenvalue weighted by molar-refractivity contribution is 4.93. The first-order chi connectivity index (χ1) is 16.7. The Labute approximate surface area is 206 Å². The highest BCUT2D eigenvalue weighted by atomic mass is 16.5. The van der Waals surface area contributed by atoms with Gasteiger partial charge in [0.1, 0.15) is 48.8 Å². The van der Waals surface area contributed by atoms with Gasteiger partial charge in [0, 0.05) is 0 Å². The molecule has 2 saturated heterocycles. The Morgan fingerprint density at radius 1 is 0.514 bits per heavy atom. The third-order valence-electron chi connectivity index (χ3n) is 7.09. The van der Waals surface area contributed by atoms with E-state index in [-0.39, 0.29) is 0 Å². The summed E-state index contributed by atoms with van der Waals surface area (Å²) in [6.07, 6.45) is -6.12. The molecule has 2 fully saturated rings. The fourth-order valence-corrected chi connectivity index (χ4v) is 4.86. The van der Waals surface area contributed by atoms with Crippen LogP contribution in [0.4, 0.5) is 0 Å². The third-order valence-corrected chi connectivity index (χ3v) is 7.09. The van der Waals surface area contributed by atoms with E-state index in [0.717, 1.165) is 25.8 Å². The molecule has 2 rings (SSSR count). The molecule has 0 bridgehead atoms. The maximum Gasteiger partial charge on any atom is 0.111 e. The van der Waals surface area contributed by atoms with Gasteiger partial charge in [0.05, 0.1) is 25.4 Å². The van der Waals surface area contributed by atoms with Gasteiger partial charge in [-0.25, -0.2) is 0 Å². The zero-order valence-corrected chi connectivity index (χ0v) is 20.4. The minimum Gasteiger partial charge on any atom is -0.394 e. The van der Waals surface area contributed by atoms with Gasteiger partial charge in [-0.1, -0.05) is 6.42 Å². The van der Waals surface area contributed by atoms with Gasteiger partial charge in [0.15, 0.2) is 0 Å². The van der Waals surface area contributed by atoms with Crippen molar-refractivity contribution in [2.45, 2.75) is 106 Å². The summed E-state index contributed by atoms with van der Waals surface area (Å²) in [6.45, 7) is 1.93. The van der Waals surface area contributed by atoms with Crippen molar-refractivity contribution in [1.29, 1.82) is 0 Å². The summed E-state index contributed by atoms with van der Waals surface area (Å²) in [6, 6.07) is 0. The molecule has 0 aromatic rings. The summed E-state index contributed by atoms with van der Waals surface area (Å²) in [4.78, 5) is 2.24. The molecule has 0 radical (unpaired) electrons. The minimum atomic E-state index is -1.38. The van der Waals surface area contributed by atoms with Crippen LogP contribution in [0, 0.1) is 0 Å². The topological polar surface area (TPSA) is 210 Å². The molecule has 2 aliphatic heterocycles. The van der Waals surface area contributed by atoms with Crippen LogP contribution in [0.3, 0.4) is 0 Å². The van der Waals surface area contributed by atoms with Gasteiger partial charge in [0.25, 0.3) is 0 Å². The lowest BCUT2D eigenvalue weighted by molar-refractivity contribution is -0.230. The van der Waals surface area contributed by atoms with Crippen LogP contribution in [0.2, 0.25) is 0 Å². The fourth-order valence-electron chi connectivity index (χ4n) is 4.86. The van der Waals surface area contributed by atoms with Crippen molar-refractivity contribution >= 4 is 0 Å². The maximum absolute atomic E-state index is 10.2. The van der Waals surface area contributed by atoms with Crippen molar-refractivity contribution in [1.82, 2.24) is 4.90 Å². The summed E-state index contributed by atoms with van der Waals surface area (Å²) in [5, 5.41) is 79.0. The second-order valence-electron chi connectivity index (χ2n) is 9.71. The fraction of sp³-hybridized carbons (Fsp3) is 1.00. The van der Waals surface area contributed by atoms with E-state index in [2.05, 4.69) is 4.90 Å². The molecule has 0 aromatic heterocycles. The van der Waals surface area contributed by atoms with Crippen molar-refractivity contribution in [2.75, 3.05) is 39.4 Å². The summed E-state index contributed by atoms with van der Waals surface area (Å²) >= 11 is 0. The van der Waals surface area contributed by atoms with Gasteiger partial charge < -0.3 is 61.0 Å². The first-order valence-electron chi connectivity index (χ1n) is 12.8. The SMILES string of the molecule is NCCCCCN(CCC[C@H]1O[C@H](CO)[C@@H](O)[C@H](O)[C@@H]1O)CCC[C@H]1O[C@H](CO)[C@@H](O)[C@H](O)[C@@H]1O. The van der Waals surface area contributed by atoms with Crippen LogP contribution in [0.5, 0.6) is 0 Å². The predicted molar refractivity (Wildman–Crippen MR) is 125 cm³/mol. The quantitative estimate of drug-likeness (QED) is 0.0990. The number of hydrogen-bond donors (Lipinski definition) is 9. The van der Waals surface area contributed by atoms with Gasteiger partial charge in [-0.2, -0.15) is 0 Å². The Morgan fingerprint density at radius 3 is 1.31 bits per heavy atom. The van der Waals surface area contributed by atoms with Crippen LogP contribution in [0.15, 0.2) is 0 Å². The monoisotopic (exact) mass is 510 g/mol. The standard InChI is InChI=1S/C23H46N2O10/c24-8-2-1-3-9-25(10-4-6-14-18(28)22(32)20(30)16(12-26)34-14)11-5-7-15-19(29)23(33)21(31)17(13-27)35-15/h14-23,26-33H,1-13,24H2/t14-,15-,16-,17-,18-,19-,20-,21-,22-,23-/m1/s1. The Bertz CT molecular complexity index is 530. The van der Waals surface area contributed by atoms with E-state index in [1.165, 1.54) is 0 Å². The van der Waals surface area contributed by atoms with E-state index in [1.54, 1.807) is 0 Å². The molecule has 35 heavy (non-hydrogen) atoms. The van der Waals surface area contributed by atoms with Gasteiger partial charge >= 0.3 is 0 Å². The Balaban J connectivity index is 1.84. The number of ether oxygens (including phenoxy) is 2. The van der Waals surface area contributed by atoms with Gasteiger partial charge in [-0.05, 0) is 64.7 Å². The molecule has 10 N–H and O–H groups in total. The molecule has 12 heteroatoms. The number of aliphatic hydroxyl groups is 8. The van der Waals surface area contributed by atoms with Crippen molar-refractivity contribution in [3.63, 3.8) is 0 Å². The molecular weight excluding hydrogens is 464 g/mol. The molecular formula is C23H46N2O10. The number of rotatable bonds is 15. The number of unbranched alkanes of at least 4 members (excludes halogenated alkanes) is 2. The normalized spacial score (nSPS) is 38.2. The Morgan fingerprint density at radius 2 is 0.914 bits per heavy atom. The average molecular weight is 511 g/mol. The van der Waals surface area contributed by atoms with Crippen molar-refractivity contribution in [2.24, 2.45) is 5.73 Å². The van der Waals surface area contributed by atoms with Crippen molar-refractivity contribution < 1.29 is 50.3 Å². The Kier molecular flexibility index (Phi) is 13.8. The number of aliphatic hydroxyl groups excluding tert-OH is 8. The lowest BCUT2D eigenvalue weighted by Gasteiger charge is -2.40. The summed E-state index contributed by atoms with van der Waals surface area (Å²) in [5.74, 6) is 0. The molecule has 0 aliphatic carbocycles. The molecule has 0 amide bonds. The van der Waals surface area contributed by atoms with E-state index < -0.39 is 74.3 Å². The third kappa shape index (κ3) is 8.80.